The predicted octanol–water partition coefficient (Wildman–Crippen LogP) is 2.81. The van der Waals surface area contributed by atoms with Crippen LogP contribution < -0.4 is 10.1 Å². The molecule has 3 amide bonds. The van der Waals surface area contributed by atoms with Crippen molar-refractivity contribution in [3.63, 3.8) is 0 Å². The number of aromatic nitrogens is 1. The molecule has 1 aromatic carbocycles. The first-order chi connectivity index (χ1) is 15.4. The number of nitrogens with one attached hydrogen (secondary N) is 1. The molecule has 0 radical (unpaired) electrons. The quantitative estimate of drug-likeness (QED) is 0.677. The molecule has 2 heterocycles. The number of amides is 3. The van der Waals surface area contributed by atoms with Crippen LogP contribution in [0.1, 0.15) is 49.8 Å². The first-order valence-electron chi connectivity index (χ1n) is 10.9. The van der Waals surface area contributed by atoms with Gasteiger partial charge in [0.05, 0.1) is 12.5 Å². The van der Waals surface area contributed by atoms with Crippen LogP contribution in [-0.2, 0) is 19.8 Å². The van der Waals surface area contributed by atoms with Gasteiger partial charge in [0.2, 0.25) is 11.8 Å². The standard InChI is InChI=1S/C23H28N4O5/c1-16-15-19(25-32-16)24-20(28)5-3-6-21(29)26-13-4-14-27(26)22(30)23(11-12-23)17-7-9-18(31-2)10-8-17/h7-10,15H,3-6,11-14H2,1-2H3,(H,24,25,28). The molecule has 0 bridgehead atoms. The number of hydrogen-bond donors (Lipinski definition) is 1. The van der Waals surface area contributed by atoms with Crippen molar-refractivity contribution in [2.24, 2.45) is 0 Å². The van der Waals surface area contributed by atoms with Crippen molar-refractivity contribution >= 4 is 23.5 Å². The SMILES string of the molecule is COc1ccc(C2(C(=O)N3CCCN3C(=O)CCCC(=O)Nc3cc(C)on3)CC2)cc1. The van der Waals surface area contributed by atoms with E-state index >= 15 is 0 Å². The molecule has 1 aliphatic carbocycles. The summed E-state index contributed by atoms with van der Waals surface area (Å²) in [4.78, 5) is 38.3. The lowest BCUT2D eigenvalue weighted by atomic mass is 9.94. The number of aryl methyl sites for hydroxylation is 1. The lowest BCUT2D eigenvalue weighted by molar-refractivity contribution is -0.159. The Hall–Kier alpha value is -3.36. The number of carbonyl (C=O) groups is 3. The average molecular weight is 441 g/mol. The molecule has 0 spiro atoms. The molecule has 9 nitrogen and oxygen atoms in total. The maximum absolute atomic E-state index is 13.4. The number of rotatable bonds is 8. The zero-order valence-corrected chi connectivity index (χ0v) is 18.4. The van der Waals surface area contributed by atoms with Crippen molar-refractivity contribution in [3.05, 3.63) is 41.7 Å². The summed E-state index contributed by atoms with van der Waals surface area (Å²) < 4.78 is 10.1. The number of nitrogens with zero attached hydrogens (tertiary/aromatic N) is 3. The van der Waals surface area contributed by atoms with E-state index in [0.29, 0.717) is 31.1 Å². The van der Waals surface area contributed by atoms with E-state index in [1.165, 1.54) is 0 Å². The van der Waals surface area contributed by atoms with Crippen LogP contribution in [0.4, 0.5) is 5.82 Å². The molecule has 0 unspecified atom stereocenters. The first kappa shape index (κ1) is 21.9. The molecule has 2 aliphatic rings. The molecule has 32 heavy (non-hydrogen) atoms. The highest BCUT2D eigenvalue weighted by molar-refractivity contribution is 5.93. The second-order valence-electron chi connectivity index (χ2n) is 8.33. The van der Waals surface area contributed by atoms with Crippen LogP contribution in [0.2, 0.25) is 0 Å². The van der Waals surface area contributed by atoms with E-state index in [1.807, 2.05) is 24.3 Å². The molecule has 1 saturated carbocycles. The summed E-state index contributed by atoms with van der Waals surface area (Å²) in [7, 11) is 1.61. The Balaban J connectivity index is 1.32. The highest BCUT2D eigenvalue weighted by Gasteiger charge is 2.54. The van der Waals surface area contributed by atoms with Gasteiger partial charge in [-0.25, -0.2) is 0 Å². The molecule has 170 valence electrons. The zero-order chi connectivity index (χ0) is 22.7. The van der Waals surface area contributed by atoms with E-state index in [-0.39, 0.29) is 30.6 Å². The molecule has 1 N–H and O–H groups in total. The fourth-order valence-electron chi connectivity index (χ4n) is 4.15. The lowest BCUT2D eigenvalue weighted by Gasteiger charge is -2.31. The van der Waals surface area contributed by atoms with E-state index < -0.39 is 5.41 Å². The molecule has 1 aromatic heterocycles. The van der Waals surface area contributed by atoms with Gasteiger partial charge in [0, 0.05) is 32.0 Å². The predicted molar refractivity (Wildman–Crippen MR) is 116 cm³/mol. The second kappa shape index (κ2) is 9.02. The summed E-state index contributed by atoms with van der Waals surface area (Å²) in [5, 5.41) is 9.54. The van der Waals surface area contributed by atoms with Crippen molar-refractivity contribution in [3.8, 4) is 5.75 Å². The van der Waals surface area contributed by atoms with Crippen LogP contribution >= 0.6 is 0 Å². The molecule has 9 heteroatoms. The normalized spacial score (nSPS) is 16.7. The van der Waals surface area contributed by atoms with Gasteiger partial charge in [0.25, 0.3) is 5.91 Å². The number of hydrogen-bond acceptors (Lipinski definition) is 6. The smallest absolute Gasteiger partial charge is 0.251 e. The number of ether oxygens (including phenoxy) is 1. The topological polar surface area (TPSA) is 105 Å². The maximum Gasteiger partial charge on any atom is 0.251 e. The van der Waals surface area contributed by atoms with Crippen molar-refractivity contribution in [2.45, 2.75) is 50.9 Å². The Morgan fingerprint density at radius 3 is 2.47 bits per heavy atom. The summed E-state index contributed by atoms with van der Waals surface area (Å²) in [6.45, 7) is 2.80. The summed E-state index contributed by atoms with van der Waals surface area (Å²) in [5.41, 5.74) is 0.410. The van der Waals surface area contributed by atoms with E-state index in [4.69, 9.17) is 9.26 Å². The largest absolute Gasteiger partial charge is 0.497 e. The summed E-state index contributed by atoms with van der Waals surface area (Å²) >= 11 is 0. The minimum Gasteiger partial charge on any atom is -0.497 e. The lowest BCUT2D eigenvalue weighted by Crippen LogP contribution is -2.48. The monoisotopic (exact) mass is 440 g/mol. The van der Waals surface area contributed by atoms with Gasteiger partial charge in [-0.1, -0.05) is 17.3 Å². The van der Waals surface area contributed by atoms with Crippen molar-refractivity contribution < 1.29 is 23.6 Å². The molecule has 2 aromatic rings. The maximum atomic E-state index is 13.4. The summed E-state index contributed by atoms with van der Waals surface area (Å²) in [6, 6.07) is 9.22. The Bertz CT molecular complexity index is 996. The fraction of sp³-hybridized carbons (Fsp3) is 0.478. The third-order valence-electron chi connectivity index (χ3n) is 6.05. The molecule has 2 fully saturated rings. The van der Waals surface area contributed by atoms with Crippen molar-refractivity contribution in [2.75, 3.05) is 25.5 Å². The van der Waals surface area contributed by atoms with Gasteiger partial charge in [0.15, 0.2) is 5.82 Å². The summed E-state index contributed by atoms with van der Waals surface area (Å²) in [5.74, 6) is 1.34. The van der Waals surface area contributed by atoms with Gasteiger partial charge in [0.1, 0.15) is 11.5 Å². The molecular weight excluding hydrogens is 412 g/mol. The van der Waals surface area contributed by atoms with Crippen molar-refractivity contribution in [1.82, 2.24) is 15.2 Å². The molecule has 0 atom stereocenters. The highest BCUT2D eigenvalue weighted by atomic mass is 16.5. The highest BCUT2D eigenvalue weighted by Crippen LogP contribution is 2.50. The van der Waals surface area contributed by atoms with Crippen LogP contribution in [0.5, 0.6) is 5.75 Å². The number of carbonyl (C=O) groups excluding carboxylic acids is 3. The first-order valence-corrected chi connectivity index (χ1v) is 10.9. The Morgan fingerprint density at radius 1 is 1.12 bits per heavy atom. The van der Waals surface area contributed by atoms with Gasteiger partial charge >= 0.3 is 0 Å². The number of hydrazine groups is 1. The van der Waals surface area contributed by atoms with Crippen LogP contribution in [0.25, 0.3) is 0 Å². The van der Waals surface area contributed by atoms with Crippen LogP contribution in [0.15, 0.2) is 34.9 Å². The van der Waals surface area contributed by atoms with Gasteiger partial charge in [-0.15, -0.1) is 0 Å². The number of methoxy groups -OCH3 is 1. The van der Waals surface area contributed by atoms with E-state index in [2.05, 4.69) is 10.5 Å². The number of anilines is 1. The van der Waals surface area contributed by atoms with Crippen LogP contribution in [0, 0.1) is 6.92 Å². The third-order valence-corrected chi connectivity index (χ3v) is 6.05. The molecular formula is C23H28N4O5. The Labute approximate surface area is 186 Å². The summed E-state index contributed by atoms with van der Waals surface area (Å²) in [6.07, 6.45) is 3.09. The Morgan fingerprint density at radius 2 is 1.84 bits per heavy atom. The zero-order valence-electron chi connectivity index (χ0n) is 18.4. The molecule has 1 saturated heterocycles. The van der Waals surface area contributed by atoms with Crippen LogP contribution in [0.3, 0.4) is 0 Å². The van der Waals surface area contributed by atoms with Crippen molar-refractivity contribution in [1.29, 1.82) is 0 Å². The number of benzene rings is 1. The van der Waals surface area contributed by atoms with Gasteiger partial charge in [-0.2, -0.15) is 0 Å². The fourth-order valence-corrected chi connectivity index (χ4v) is 4.15. The third kappa shape index (κ3) is 4.46. The van der Waals surface area contributed by atoms with Crippen LogP contribution in [-0.4, -0.2) is 53.1 Å². The van der Waals surface area contributed by atoms with E-state index in [9.17, 15) is 14.4 Å². The van der Waals surface area contributed by atoms with Gasteiger partial charge < -0.3 is 14.6 Å². The minimum atomic E-state index is -0.551. The molecule has 1 aliphatic heterocycles. The van der Waals surface area contributed by atoms with E-state index in [0.717, 1.165) is 30.6 Å². The average Bonchev–Trinajstić information content (AvgIpc) is 3.27. The van der Waals surface area contributed by atoms with E-state index in [1.54, 1.807) is 30.1 Å². The Kier molecular flexibility index (Phi) is 6.16. The molecule has 4 rings (SSSR count). The minimum absolute atomic E-state index is 0.0207. The van der Waals surface area contributed by atoms with Gasteiger partial charge in [-0.3, -0.25) is 24.4 Å². The second-order valence-corrected chi connectivity index (χ2v) is 8.33. The van der Waals surface area contributed by atoms with Gasteiger partial charge in [-0.05, 0) is 50.3 Å².